The summed E-state index contributed by atoms with van der Waals surface area (Å²) in [6.45, 7) is 12.6. The summed E-state index contributed by atoms with van der Waals surface area (Å²) in [7, 11) is -0.387. The molecule has 2 heterocycles. The molecule has 0 aromatic heterocycles. The molecule has 1 saturated heterocycles. The van der Waals surface area contributed by atoms with E-state index in [0.29, 0.717) is 6.54 Å². The van der Waals surface area contributed by atoms with Crippen molar-refractivity contribution < 1.29 is 18.8 Å². The van der Waals surface area contributed by atoms with Gasteiger partial charge in [0.25, 0.3) is 0 Å². The molecule has 0 radical (unpaired) electrons. The highest BCUT2D eigenvalue weighted by molar-refractivity contribution is 6.62. The van der Waals surface area contributed by atoms with E-state index in [4.69, 9.17) is 14.0 Å². The Hall–Kier alpha value is -1.79. The Morgan fingerprint density at radius 2 is 2.00 bits per heavy atom. The maximum absolute atomic E-state index is 12.1. The van der Waals surface area contributed by atoms with Crippen LogP contribution in [0.2, 0.25) is 0 Å². The van der Waals surface area contributed by atoms with Crippen LogP contribution in [0.3, 0.4) is 0 Å². The van der Waals surface area contributed by atoms with Crippen molar-refractivity contribution in [3.63, 3.8) is 0 Å². The molecule has 0 saturated carbocycles. The van der Waals surface area contributed by atoms with Gasteiger partial charge in [-0.05, 0) is 51.2 Å². The monoisotopic (exact) mass is 329 g/mol. The number of nitrogens with zero attached hydrogens (tertiary/aromatic N) is 1. The van der Waals surface area contributed by atoms with Crippen LogP contribution >= 0.6 is 0 Å². The molecule has 1 amide bonds. The Kier molecular flexibility index (Phi) is 4.22. The standard InChI is InChI=1S/C18H24BNO4/c1-6-11-22-16(21)20-10-9-13-12-14(7-8-15(13)20)19-23-17(2,3)18(4,5)24-19/h6-8,12H,1,9-11H2,2-5H3. The summed E-state index contributed by atoms with van der Waals surface area (Å²) in [5.41, 5.74) is 2.25. The molecular formula is C18H24BNO4. The lowest BCUT2D eigenvalue weighted by Gasteiger charge is -2.32. The first-order chi connectivity index (χ1) is 11.2. The van der Waals surface area contributed by atoms with Crippen molar-refractivity contribution in [2.24, 2.45) is 0 Å². The van der Waals surface area contributed by atoms with E-state index in [9.17, 15) is 4.79 Å². The van der Waals surface area contributed by atoms with Crippen molar-refractivity contribution >= 4 is 24.4 Å². The summed E-state index contributed by atoms with van der Waals surface area (Å²) >= 11 is 0. The fraction of sp³-hybridized carbons (Fsp3) is 0.500. The predicted molar refractivity (Wildman–Crippen MR) is 94.8 cm³/mol. The summed E-state index contributed by atoms with van der Waals surface area (Å²) in [6.07, 6.45) is 2.03. The summed E-state index contributed by atoms with van der Waals surface area (Å²) in [4.78, 5) is 13.7. The zero-order chi connectivity index (χ0) is 17.5. The minimum atomic E-state index is -0.387. The number of hydrogen-bond donors (Lipinski definition) is 0. The van der Waals surface area contributed by atoms with Crippen molar-refractivity contribution in [1.82, 2.24) is 0 Å². The Balaban J connectivity index is 1.79. The van der Waals surface area contributed by atoms with E-state index in [2.05, 4.69) is 12.6 Å². The zero-order valence-electron chi connectivity index (χ0n) is 14.8. The Labute approximate surface area is 143 Å². The van der Waals surface area contributed by atoms with Crippen LogP contribution in [0, 0.1) is 0 Å². The van der Waals surface area contributed by atoms with Gasteiger partial charge in [0.05, 0.1) is 16.9 Å². The van der Waals surface area contributed by atoms with Crippen molar-refractivity contribution in [1.29, 1.82) is 0 Å². The minimum Gasteiger partial charge on any atom is -0.445 e. The number of hydrogen-bond acceptors (Lipinski definition) is 4. The normalized spacial score (nSPS) is 20.8. The first-order valence-electron chi connectivity index (χ1n) is 8.29. The lowest BCUT2D eigenvalue weighted by atomic mass is 9.78. The van der Waals surface area contributed by atoms with Crippen LogP contribution in [-0.4, -0.2) is 37.6 Å². The van der Waals surface area contributed by atoms with Crippen LogP contribution in [0.4, 0.5) is 10.5 Å². The highest BCUT2D eigenvalue weighted by Gasteiger charge is 2.51. The average molecular weight is 329 g/mol. The number of carbonyl (C=O) groups excluding carboxylic acids is 1. The molecule has 2 aliphatic rings. The van der Waals surface area contributed by atoms with E-state index in [1.165, 1.54) is 0 Å². The van der Waals surface area contributed by atoms with Crippen LogP contribution in [0.1, 0.15) is 33.3 Å². The number of anilines is 1. The number of rotatable bonds is 3. The molecule has 0 aliphatic carbocycles. The molecule has 3 rings (SSSR count). The molecular weight excluding hydrogens is 305 g/mol. The topological polar surface area (TPSA) is 48.0 Å². The van der Waals surface area contributed by atoms with Crippen molar-refractivity contribution in [2.45, 2.75) is 45.3 Å². The molecule has 0 unspecified atom stereocenters. The molecule has 24 heavy (non-hydrogen) atoms. The third-order valence-electron chi connectivity index (χ3n) is 5.07. The van der Waals surface area contributed by atoms with E-state index in [1.54, 1.807) is 11.0 Å². The highest BCUT2D eigenvalue weighted by Crippen LogP contribution is 2.37. The van der Waals surface area contributed by atoms with E-state index in [1.807, 2.05) is 39.8 Å². The maximum atomic E-state index is 12.1. The number of carbonyl (C=O) groups is 1. The van der Waals surface area contributed by atoms with Gasteiger partial charge in [-0.15, -0.1) is 0 Å². The van der Waals surface area contributed by atoms with Gasteiger partial charge in [0, 0.05) is 6.54 Å². The quantitative estimate of drug-likeness (QED) is 0.632. The molecule has 2 aliphatic heterocycles. The second kappa shape index (κ2) is 5.94. The van der Waals surface area contributed by atoms with Crippen LogP contribution < -0.4 is 10.4 Å². The Bertz CT molecular complexity index is 655. The Morgan fingerprint density at radius 3 is 2.62 bits per heavy atom. The number of fused-ring (bicyclic) bond motifs is 1. The molecule has 6 heteroatoms. The molecule has 1 aromatic rings. The van der Waals surface area contributed by atoms with Gasteiger partial charge < -0.3 is 14.0 Å². The van der Waals surface area contributed by atoms with Crippen LogP contribution in [0.25, 0.3) is 0 Å². The van der Waals surface area contributed by atoms with E-state index >= 15 is 0 Å². The predicted octanol–water partition coefficient (Wildman–Crippen LogP) is 2.67. The van der Waals surface area contributed by atoms with E-state index < -0.39 is 0 Å². The van der Waals surface area contributed by atoms with Gasteiger partial charge in [0.2, 0.25) is 0 Å². The van der Waals surface area contributed by atoms with Gasteiger partial charge in [-0.1, -0.05) is 24.8 Å². The largest absolute Gasteiger partial charge is 0.494 e. The van der Waals surface area contributed by atoms with Crippen LogP contribution in [0.15, 0.2) is 30.9 Å². The summed E-state index contributed by atoms with van der Waals surface area (Å²) < 4.78 is 17.3. The van der Waals surface area contributed by atoms with Crippen molar-refractivity contribution in [3.8, 4) is 0 Å². The summed E-state index contributed by atoms with van der Waals surface area (Å²) in [5, 5.41) is 0. The minimum absolute atomic E-state index is 0.219. The lowest BCUT2D eigenvalue weighted by molar-refractivity contribution is 0.00578. The molecule has 0 spiro atoms. The van der Waals surface area contributed by atoms with Gasteiger partial charge in [-0.25, -0.2) is 4.79 Å². The fourth-order valence-corrected chi connectivity index (χ4v) is 2.95. The third-order valence-corrected chi connectivity index (χ3v) is 5.07. The number of benzene rings is 1. The van der Waals surface area contributed by atoms with E-state index in [-0.39, 0.29) is 31.0 Å². The van der Waals surface area contributed by atoms with Gasteiger partial charge >= 0.3 is 13.2 Å². The van der Waals surface area contributed by atoms with Gasteiger partial charge in [-0.2, -0.15) is 0 Å². The molecule has 5 nitrogen and oxygen atoms in total. The smallest absolute Gasteiger partial charge is 0.445 e. The van der Waals surface area contributed by atoms with E-state index in [0.717, 1.165) is 23.1 Å². The number of amides is 1. The maximum Gasteiger partial charge on any atom is 0.494 e. The second-order valence-electron chi connectivity index (χ2n) is 7.24. The summed E-state index contributed by atoms with van der Waals surface area (Å²) in [6, 6.07) is 5.97. The van der Waals surface area contributed by atoms with Gasteiger partial charge in [0.15, 0.2) is 0 Å². The second-order valence-corrected chi connectivity index (χ2v) is 7.24. The molecule has 128 valence electrons. The highest BCUT2D eigenvalue weighted by atomic mass is 16.7. The Morgan fingerprint density at radius 1 is 1.33 bits per heavy atom. The third kappa shape index (κ3) is 2.85. The lowest BCUT2D eigenvalue weighted by Crippen LogP contribution is -2.41. The summed E-state index contributed by atoms with van der Waals surface area (Å²) in [5.74, 6) is 0. The van der Waals surface area contributed by atoms with Crippen molar-refractivity contribution in [2.75, 3.05) is 18.1 Å². The average Bonchev–Trinajstić information content (AvgIpc) is 3.02. The zero-order valence-corrected chi connectivity index (χ0v) is 14.8. The van der Waals surface area contributed by atoms with Crippen LogP contribution in [0.5, 0.6) is 0 Å². The molecule has 0 bridgehead atoms. The SMILES string of the molecule is C=CCOC(=O)N1CCc2cc(B3OC(C)(C)C(C)(C)O3)ccc21. The molecule has 1 aromatic carbocycles. The van der Waals surface area contributed by atoms with Gasteiger partial charge in [0.1, 0.15) is 6.61 Å². The molecule has 0 atom stereocenters. The molecule has 0 N–H and O–H groups in total. The van der Waals surface area contributed by atoms with Gasteiger partial charge in [-0.3, -0.25) is 4.90 Å². The van der Waals surface area contributed by atoms with Crippen LogP contribution in [-0.2, 0) is 20.5 Å². The fourth-order valence-electron chi connectivity index (χ4n) is 2.95. The first kappa shape index (κ1) is 17.1. The van der Waals surface area contributed by atoms with Crippen molar-refractivity contribution in [3.05, 3.63) is 36.4 Å². The first-order valence-corrected chi connectivity index (χ1v) is 8.29. The number of ether oxygens (including phenoxy) is 1. The molecule has 1 fully saturated rings.